The van der Waals surface area contributed by atoms with Crippen molar-refractivity contribution >= 4 is 35.8 Å². The molecule has 0 aromatic heterocycles. The molecule has 0 saturated carbocycles. The topological polar surface area (TPSA) is 84.0 Å². The van der Waals surface area contributed by atoms with E-state index >= 15 is 0 Å². The number of carbonyl (C=O) groups is 1. The molecule has 1 aliphatic rings. The molecule has 7 nitrogen and oxygen atoms in total. The molecule has 1 amide bonds. The molecule has 0 unspecified atom stereocenters. The zero-order valence-corrected chi connectivity index (χ0v) is 17.5. The molecule has 1 aliphatic heterocycles. The fraction of sp³-hybridized carbons (Fsp3) is 0.529. The number of amides is 1. The van der Waals surface area contributed by atoms with Crippen LogP contribution in [-0.2, 0) is 11.3 Å². The van der Waals surface area contributed by atoms with Crippen molar-refractivity contribution in [3.05, 3.63) is 23.8 Å². The van der Waals surface area contributed by atoms with Gasteiger partial charge in [0.2, 0.25) is 12.7 Å². The maximum Gasteiger partial charge on any atom is 0.231 e. The lowest BCUT2D eigenvalue weighted by Gasteiger charge is -2.18. The molecule has 0 saturated heterocycles. The first-order valence-corrected chi connectivity index (χ1v) is 8.01. The summed E-state index contributed by atoms with van der Waals surface area (Å²) in [6.45, 7) is 7.70. The Kier molecular flexibility index (Phi) is 8.27. The number of hydrogen-bond acceptors (Lipinski definition) is 4. The molecule has 2 rings (SSSR count). The summed E-state index contributed by atoms with van der Waals surface area (Å²) in [4.78, 5) is 15.9. The Morgan fingerprint density at radius 1 is 1.12 bits per heavy atom. The second-order valence-corrected chi connectivity index (χ2v) is 6.55. The van der Waals surface area contributed by atoms with Crippen LogP contribution in [0.1, 0.15) is 26.3 Å². The molecule has 25 heavy (non-hydrogen) atoms. The Hall–Kier alpha value is -1.71. The van der Waals surface area contributed by atoms with Crippen molar-refractivity contribution < 1.29 is 14.3 Å². The van der Waals surface area contributed by atoms with Gasteiger partial charge in [0.25, 0.3) is 0 Å². The summed E-state index contributed by atoms with van der Waals surface area (Å²) >= 11 is 0. The SMILES string of the molecule is CN=C(NCCNC(=O)C(C)(C)C)NCc1ccc2c(c1)OCO2.I. The Balaban J connectivity index is 0.00000312. The van der Waals surface area contributed by atoms with E-state index in [1.54, 1.807) is 7.05 Å². The van der Waals surface area contributed by atoms with Crippen LogP contribution >= 0.6 is 24.0 Å². The summed E-state index contributed by atoms with van der Waals surface area (Å²) in [5.41, 5.74) is 0.697. The predicted octanol–water partition coefficient (Wildman–Crippen LogP) is 1.86. The van der Waals surface area contributed by atoms with Crippen LogP contribution in [0.25, 0.3) is 0 Å². The van der Waals surface area contributed by atoms with Crippen LogP contribution in [0.4, 0.5) is 0 Å². The van der Waals surface area contributed by atoms with E-state index in [1.807, 2.05) is 39.0 Å². The van der Waals surface area contributed by atoms with Crippen molar-refractivity contribution in [3.63, 3.8) is 0 Å². The molecule has 1 aromatic rings. The molecule has 0 spiro atoms. The second kappa shape index (κ2) is 9.69. The maximum atomic E-state index is 11.8. The average molecular weight is 462 g/mol. The predicted molar refractivity (Wildman–Crippen MR) is 109 cm³/mol. The van der Waals surface area contributed by atoms with Crippen LogP contribution in [-0.4, -0.2) is 38.8 Å². The van der Waals surface area contributed by atoms with Gasteiger partial charge < -0.3 is 25.4 Å². The van der Waals surface area contributed by atoms with Crippen LogP contribution in [0.15, 0.2) is 23.2 Å². The van der Waals surface area contributed by atoms with Gasteiger partial charge in [0.15, 0.2) is 17.5 Å². The van der Waals surface area contributed by atoms with Gasteiger partial charge in [0.1, 0.15) is 0 Å². The summed E-state index contributed by atoms with van der Waals surface area (Å²) in [5, 5.41) is 9.28. The van der Waals surface area contributed by atoms with E-state index in [1.165, 1.54) is 0 Å². The molecule has 0 bridgehead atoms. The van der Waals surface area contributed by atoms with Crippen molar-refractivity contribution in [2.45, 2.75) is 27.3 Å². The second-order valence-electron chi connectivity index (χ2n) is 6.55. The number of aliphatic imine (C=N–C) groups is 1. The molecular formula is C17H27IN4O3. The van der Waals surface area contributed by atoms with E-state index in [4.69, 9.17) is 9.47 Å². The smallest absolute Gasteiger partial charge is 0.231 e. The van der Waals surface area contributed by atoms with E-state index in [9.17, 15) is 4.79 Å². The van der Waals surface area contributed by atoms with Gasteiger partial charge in [-0.25, -0.2) is 0 Å². The highest BCUT2D eigenvalue weighted by atomic mass is 127. The Bertz CT molecular complexity index is 614. The minimum absolute atomic E-state index is 0. The monoisotopic (exact) mass is 462 g/mol. The molecule has 0 atom stereocenters. The first-order chi connectivity index (χ1) is 11.4. The number of guanidine groups is 1. The molecule has 3 N–H and O–H groups in total. The van der Waals surface area contributed by atoms with E-state index in [-0.39, 0.29) is 42.1 Å². The zero-order chi connectivity index (χ0) is 17.6. The molecule has 1 heterocycles. The number of rotatable bonds is 5. The third-order valence-electron chi connectivity index (χ3n) is 3.50. The maximum absolute atomic E-state index is 11.8. The highest BCUT2D eigenvalue weighted by Gasteiger charge is 2.20. The molecule has 140 valence electrons. The van der Waals surface area contributed by atoms with Crippen molar-refractivity contribution in [3.8, 4) is 11.5 Å². The summed E-state index contributed by atoms with van der Waals surface area (Å²) in [6, 6.07) is 5.83. The lowest BCUT2D eigenvalue weighted by Crippen LogP contribution is -2.43. The minimum Gasteiger partial charge on any atom is -0.454 e. The highest BCUT2D eigenvalue weighted by molar-refractivity contribution is 14.0. The molecule has 0 fully saturated rings. The fourth-order valence-corrected chi connectivity index (χ4v) is 2.08. The summed E-state index contributed by atoms with van der Waals surface area (Å²) in [6.07, 6.45) is 0. The Labute approximate surface area is 166 Å². The highest BCUT2D eigenvalue weighted by Crippen LogP contribution is 2.32. The number of carbonyl (C=O) groups excluding carboxylic acids is 1. The Morgan fingerprint density at radius 2 is 1.80 bits per heavy atom. The van der Waals surface area contributed by atoms with Crippen molar-refractivity contribution in [2.24, 2.45) is 10.4 Å². The zero-order valence-electron chi connectivity index (χ0n) is 15.1. The number of benzene rings is 1. The van der Waals surface area contributed by atoms with Gasteiger partial charge in [-0.2, -0.15) is 0 Å². The lowest BCUT2D eigenvalue weighted by atomic mass is 9.96. The quantitative estimate of drug-likeness (QED) is 0.269. The number of nitrogens with zero attached hydrogens (tertiary/aromatic N) is 1. The van der Waals surface area contributed by atoms with Gasteiger partial charge in [-0.15, -0.1) is 24.0 Å². The van der Waals surface area contributed by atoms with Gasteiger partial charge >= 0.3 is 0 Å². The third-order valence-corrected chi connectivity index (χ3v) is 3.50. The van der Waals surface area contributed by atoms with Crippen molar-refractivity contribution in [1.82, 2.24) is 16.0 Å². The molecule has 0 aliphatic carbocycles. The van der Waals surface area contributed by atoms with Crippen LogP contribution in [0, 0.1) is 5.41 Å². The van der Waals surface area contributed by atoms with E-state index in [0.29, 0.717) is 25.6 Å². The van der Waals surface area contributed by atoms with Crippen LogP contribution in [0.2, 0.25) is 0 Å². The van der Waals surface area contributed by atoms with Gasteiger partial charge in [-0.3, -0.25) is 9.79 Å². The van der Waals surface area contributed by atoms with Gasteiger partial charge in [-0.05, 0) is 17.7 Å². The average Bonchev–Trinajstić information content (AvgIpc) is 3.00. The summed E-state index contributed by atoms with van der Waals surface area (Å²) in [7, 11) is 1.71. The number of ether oxygens (including phenoxy) is 2. The molecular weight excluding hydrogens is 435 g/mol. The number of fused-ring (bicyclic) bond motifs is 1. The van der Waals surface area contributed by atoms with Crippen molar-refractivity contribution in [1.29, 1.82) is 0 Å². The van der Waals surface area contributed by atoms with Gasteiger partial charge in [-0.1, -0.05) is 26.8 Å². The van der Waals surface area contributed by atoms with Crippen LogP contribution in [0.3, 0.4) is 0 Å². The first-order valence-electron chi connectivity index (χ1n) is 8.01. The lowest BCUT2D eigenvalue weighted by molar-refractivity contribution is -0.128. The van der Waals surface area contributed by atoms with E-state index < -0.39 is 0 Å². The van der Waals surface area contributed by atoms with Crippen molar-refractivity contribution in [2.75, 3.05) is 26.9 Å². The molecule has 0 radical (unpaired) electrons. The van der Waals surface area contributed by atoms with Crippen LogP contribution < -0.4 is 25.4 Å². The van der Waals surface area contributed by atoms with Gasteiger partial charge in [0, 0.05) is 32.1 Å². The Morgan fingerprint density at radius 3 is 2.48 bits per heavy atom. The third kappa shape index (κ3) is 6.60. The summed E-state index contributed by atoms with van der Waals surface area (Å²) in [5.74, 6) is 2.25. The normalized spacial score (nSPS) is 13.0. The standard InChI is InChI=1S/C17H26N4O3.HI/c1-17(2,3)15(22)19-7-8-20-16(18-4)21-10-12-5-6-13-14(9-12)24-11-23-13;/h5-6,9H,7-8,10-11H2,1-4H3,(H,19,22)(H2,18,20,21);1H. The number of hydrogen-bond donors (Lipinski definition) is 3. The molecule has 8 heteroatoms. The molecule has 1 aromatic carbocycles. The van der Waals surface area contributed by atoms with E-state index in [2.05, 4.69) is 20.9 Å². The first kappa shape index (κ1) is 21.3. The number of halogens is 1. The number of nitrogens with one attached hydrogen (secondary N) is 3. The van der Waals surface area contributed by atoms with Gasteiger partial charge in [0.05, 0.1) is 0 Å². The summed E-state index contributed by atoms with van der Waals surface area (Å²) < 4.78 is 10.7. The van der Waals surface area contributed by atoms with E-state index in [0.717, 1.165) is 17.1 Å². The largest absolute Gasteiger partial charge is 0.454 e. The minimum atomic E-state index is -0.376. The fourth-order valence-electron chi connectivity index (χ4n) is 2.08. The van der Waals surface area contributed by atoms with Crippen LogP contribution in [0.5, 0.6) is 11.5 Å².